The van der Waals surface area contributed by atoms with Crippen LogP contribution in [0.3, 0.4) is 0 Å². The van der Waals surface area contributed by atoms with Gasteiger partial charge in [0, 0.05) is 12.0 Å². The Labute approximate surface area is 91.5 Å². The summed E-state index contributed by atoms with van der Waals surface area (Å²) in [7, 11) is 0. The second kappa shape index (κ2) is 6.03. The first kappa shape index (κ1) is 11.5. The van der Waals surface area contributed by atoms with Crippen molar-refractivity contribution in [1.29, 1.82) is 0 Å². The van der Waals surface area contributed by atoms with Crippen LogP contribution in [0.25, 0.3) is 0 Å². The Morgan fingerprint density at radius 2 is 1.93 bits per heavy atom. The summed E-state index contributed by atoms with van der Waals surface area (Å²) in [6.45, 7) is 4.31. The third-order valence-electron chi connectivity index (χ3n) is 2.08. The summed E-state index contributed by atoms with van der Waals surface area (Å²) in [5.74, 6) is 6.14. The number of hydrogen-bond donors (Lipinski definition) is 0. The highest BCUT2D eigenvalue weighted by molar-refractivity contribution is 6.08. The number of ketones is 1. The largest absolute Gasteiger partial charge is 0.279 e. The number of carbonyl (C=O) groups excluding carboxylic acids is 1. The van der Waals surface area contributed by atoms with E-state index < -0.39 is 0 Å². The molecule has 78 valence electrons. The highest BCUT2D eigenvalue weighted by Crippen LogP contribution is 2.02. The summed E-state index contributed by atoms with van der Waals surface area (Å²) >= 11 is 0. The fourth-order valence-electron chi connectivity index (χ4n) is 1.17. The number of rotatable bonds is 3. The third kappa shape index (κ3) is 4.46. The lowest BCUT2D eigenvalue weighted by atomic mass is 10.1. The van der Waals surface area contributed by atoms with Crippen LogP contribution in [0.15, 0.2) is 30.3 Å². The zero-order valence-corrected chi connectivity index (χ0v) is 9.29. The summed E-state index contributed by atoms with van der Waals surface area (Å²) in [5.41, 5.74) is 0.676. The molecule has 0 atom stereocenters. The number of benzene rings is 1. The molecule has 0 amide bonds. The SMILES string of the molecule is CC(C)CCC#CC(=O)c1ccccc1. The van der Waals surface area contributed by atoms with Crippen molar-refractivity contribution >= 4 is 5.78 Å². The minimum atomic E-state index is -0.0839. The van der Waals surface area contributed by atoms with Crippen LogP contribution in [0.2, 0.25) is 0 Å². The predicted molar refractivity (Wildman–Crippen MR) is 62.6 cm³/mol. The molecule has 0 bridgehead atoms. The predicted octanol–water partition coefficient (Wildman–Crippen LogP) is 3.31. The van der Waals surface area contributed by atoms with Crippen LogP contribution < -0.4 is 0 Å². The molecule has 0 saturated heterocycles. The van der Waals surface area contributed by atoms with Gasteiger partial charge >= 0.3 is 0 Å². The van der Waals surface area contributed by atoms with Crippen LogP contribution in [0.5, 0.6) is 0 Å². The zero-order valence-electron chi connectivity index (χ0n) is 9.29. The highest BCUT2D eigenvalue weighted by Gasteiger charge is 1.98. The van der Waals surface area contributed by atoms with Crippen molar-refractivity contribution in [3.05, 3.63) is 35.9 Å². The van der Waals surface area contributed by atoms with Gasteiger partial charge in [0.2, 0.25) is 5.78 Å². The van der Waals surface area contributed by atoms with Gasteiger partial charge in [-0.3, -0.25) is 4.79 Å². The van der Waals surface area contributed by atoms with Crippen molar-refractivity contribution in [2.24, 2.45) is 5.92 Å². The molecule has 1 nitrogen and oxygen atoms in total. The summed E-state index contributed by atoms with van der Waals surface area (Å²) in [5, 5.41) is 0. The topological polar surface area (TPSA) is 17.1 Å². The molecular weight excluding hydrogens is 184 g/mol. The average molecular weight is 200 g/mol. The molecule has 1 rings (SSSR count). The fourth-order valence-corrected chi connectivity index (χ4v) is 1.17. The van der Waals surface area contributed by atoms with Gasteiger partial charge in [-0.15, -0.1) is 0 Å². The van der Waals surface area contributed by atoms with Crippen LogP contribution in [0, 0.1) is 17.8 Å². The van der Waals surface area contributed by atoms with Crippen LogP contribution in [0.4, 0.5) is 0 Å². The Hall–Kier alpha value is -1.55. The summed E-state index contributed by atoms with van der Waals surface area (Å²) in [4.78, 5) is 11.5. The maximum atomic E-state index is 11.5. The molecule has 0 aromatic heterocycles. The average Bonchev–Trinajstić information content (AvgIpc) is 2.25. The number of Topliss-reactive ketones (excluding diaryl/α,β-unsaturated/α-hetero) is 1. The minimum absolute atomic E-state index is 0.0839. The first-order valence-electron chi connectivity index (χ1n) is 5.28. The van der Waals surface area contributed by atoms with Crippen molar-refractivity contribution in [3.8, 4) is 11.8 Å². The molecule has 0 radical (unpaired) electrons. The van der Waals surface area contributed by atoms with E-state index in [1.54, 1.807) is 12.1 Å². The van der Waals surface area contributed by atoms with Gasteiger partial charge in [0.1, 0.15) is 0 Å². The van der Waals surface area contributed by atoms with Crippen molar-refractivity contribution in [1.82, 2.24) is 0 Å². The first-order chi connectivity index (χ1) is 7.20. The van der Waals surface area contributed by atoms with E-state index in [1.807, 2.05) is 18.2 Å². The van der Waals surface area contributed by atoms with E-state index in [4.69, 9.17) is 0 Å². The van der Waals surface area contributed by atoms with Gasteiger partial charge in [-0.25, -0.2) is 0 Å². The second-order valence-electron chi connectivity index (χ2n) is 3.93. The maximum absolute atomic E-state index is 11.5. The van der Waals surface area contributed by atoms with Gasteiger partial charge in [-0.05, 0) is 18.3 Å². The van der Waals surface area contributed by atoms with E-state index in [0.29, 0.717) is 11.5 Å². The molecule has 15 heavy (non-hydrogen) atoms. The molecule has 1 heteroatoms. The first-order valence-corrected chi connectivity index (χ1v) is 5.28. The lowest BCUT2D eigenvalue weighted by Gasteiger charge is -1.96. The maximum Gasteiger partial charge on any atom is 0.235 e. The quantitative estimate of drug-likeness (QED) is 0.415. The molecule has 1 aromatic rings. The molecule has 0 heterocycles. The minimum Gasteiger partial charge on any atom is -0.279 e. The molecule has 0 saturated carbocycles. The molecular formula is C14H16O. The van der Waals surface area contributed by atoms with Crippen molar-refractivity contribution in [2.75, 3.05) is 0 Å². The van der Waals surface area contributed by atoms with E-state index >= 15 is 0 Å². The third-order valence-corrected chi connectivity index (χ3v) is 2.08. The zero-order chi connectivity index (χ0) is 11.1. The van der Waals surface area contributed by atoms with Gasteiger partial charge in [-0.2, -0.15) is 0 Å². The number of carbonyl (C=O) groups is 1. The second-order valence-corrected chi connectivity index (χ2v) is 3.93. The van der Waals surface area contributed by atoms with Crippen LogP contribution in [-0.2, 0) is 0 Å². The standard InChI is InChI=1S/C14H16O/c1-12(2)8-6-7-11-14(15)13-9-4-3-5-10-13/h3-5,9-10,12H,6,8H2,1-2H3. The Kier molecular flexibility index (Phi) is 4.63. The summed E-state index contributed by atoms with van der Waals surface area (Å²) in [6, 6.07) is 9.17. The Morgan fingerprint density at radius 3 is 2.53 bits per heavy atom. The van der Waals surface area contributed by atoms with Crippen LogP contribution in [-0.4, -0.2) is 5.78 Å². The van der Waals surface area contributed by atoms with Crippen molar-refractivity contribution in [3.63, 3.8) is 0 Å². The summed E-state index contributed by atoms with van der Waals surface area (Å²) < 4.78 is 0. The van der Waals surface area contributed by atoms with E-state index in [-0.39, 0.29) is 5.78 Å². The molecule has 0 fully saturated rings. The Balaban J connectivity index is 2.49. The van der Waals surface area contributed by atoms with Gasteiger partial charge < -0.3 is 0 Å². The van der Waals surface area contributed by atoms with E-state index in [1.165, 1.54) is 0 Å². The highest BCUT2D eigenvalue weighted by atomic mass is 16.1. The van der Waals surface area contributed by atoms with E-state index in [2.05, 4.69) is 25.7 Å². The summed E-state index contributed by atoms with van der Waals surface area (Å²) in [6.07, 6.45) is 1.85. The molecule has 0 unspecified atom stereocenters. The lowest BCUT2D eigenvalue weighted by molar-refractivity contribution is 0.105. The molecule has 0 aliphatic carbocycles. The van der Waals surface area contributed by atoms with Crippen molar-refractivity contribution in [2.45, 2.75) is 26.7 Å². The number of hydrogen-bond acceptors (Lipinski definition) is 1. The van der Waals surface area contributed by atoms with E-state index in [0.717, 1.165) is 12.8 Å². The Morgan fingerprint density at radius 1 is 1.27 bits per heavy atom. The van der Waals surface area contributed by atoms with Crippen molar-refractivity contribution < 1.29 is 4.79 Å². The molecule has 1 aromatic carbocycles. The van der Waals surface area contributed by atoms with Gasteiger partial charge in [0.05, 0.1) is 0 Å². The molecule has 0 N–H and O–H groups in total. The normalized spacial score (nSPS) is 9.53. The monoisotopic (exact) mass is 200 g/mol. The molecule has 0 aliphatic rings. The van der Waals surface area contributed by atoms with Crippen LogP contribution in [0.1, 0.15) is 37.0 Å². The van der Waals surface area contributed by atoms with Crippen LogP contribution >= 0.6 is 0 Å². The van der Waals surface area contributed by atoms with E-state index in [9.17, 15) is 4.79 Å². The van der Waals surface area contributed by atoms with Gasteiger partial charge in [0.15, 0.2) is 0 Å². The molecule has 0 spiro atoms. The van der Waals surface area contributed by atoms with Gasteiger partial charge in [-0.1, -0.05) is 50.1 Å². The smallest absolute Gasteiger partial charge is 0.235 e. The van der Waals surface area contributed by atoms with Gasteiger partial charge in [0.25, 0.3) is 0 Å². The fraction of sp³-hybridized carbons (Fsp3) is 0.357. The lowest BCUT2D eigenvalue weighted by Crippen LogP contribution is -1.93. The Bertz CT molecular complexity index is 365. The molecule has 0 aliphatic heterocycles.